The topological polar surface area (TPSA) is 84.7 Å². The fourth-order valence-corrected chi connectivity index (χ4v) is 3.81. The number of nitrogens with one attached hydrogen (secondary N) is 1. The largest absolute Gasteiger partial charge is 0.444 e. The number of amides is 2. The van der Waals surface area contributed by atoms with Crippen molar-refractivity contribution in [3.8, 4) is 0 Å². The molecule has 2 aromatic heterocycles. The van der Waals surface area contributed by atoms with Gasteiger partial charge in [-0.05, 0) is 70.7 Å². The summed E-state index contributed by atoms with van der Waals surface area (Å²) in [5.74, 6) is -0.335. The molecule has 3 heterocycles. The highest BCUT2D eigenvalue weighted by Gasteiger charge is 2.24. The molecule has 0 radical (unpaired) electrons. The zero-order valence-corrected chi connectivity index (χ0v) is 18.4. The van der Waals surface area contributed by atoms with Crippen LogP contribution in [0.5, 0.6) is 0 Å². The Labute approximate surface area is 188 Å². The number of hydrogen-bond donors (Lipinski definition) is 1. The first-order valence-corrected chi connectivity index (χ1v) is 10.8. The number of hydrogen-bond acceptors (Lipinski definition) is 5. The van der Waals surface area contributed by atoms with E-state index in [-0.39, 0.29) is 23.7 Å². The lowest BCUT2D eigenvalue weighted by molar-refractivity contribution is 0.0507. The molecule has 8 heteroatoms. The highest BCUT2D eigenvalue weighted by Crippen LogP contribution is 2.20. The number of pyridine rings is 1. The van der Waals surface area contributed by atoms with Crippen LogP contribution in [0.1, 0.15) is 39.3 Å². The van der Waals surface area contributed by atoms with Crippen LogP contribution in [0.4, 0.5) is 5.69 Å². The van der Waals surface area contributed by atoms with Gasteiger partial charge in [0.1, 0.15) is 0 Å². The number of halogens is 1. The van der Waals surface area contributed by atoms with Crippen molar-refractivity contribution in [1.29, 1.82) is 0 Å². The Balaban J connectivity index is 1.51. The van der Waals surface area contributed by atoms with Gasteiger partial charge in [0.2, 0.25) is 0 Å². The Morgan fingerprint density at radius 2 is 2.10 bits per heavy atom. The van der Waals surface area contributed by atoms with Gasteiger partial charge >= 0.3 is 0 Å². The number of anilines is 1. The Kier molecular flexibility index (Phi) is 6.79. The molecule has 0 bridgehead atoms. The Morgan fingerprint density at radius 3 is 2.81 bits per heavy atom. The molecular formula is C23H22BrN3O4. The highest BCUT2D eigenvalue weighted by molar-refractivity contribution is 9.10. The van der Waals surface area contributed by atoms with Gasteiger partial charge in [-0.25, -0.2) is 0 Å². The van der Waals surface area contributed by atoms with Gasteiger partial charge < -0.3 is 19.4 Å². The lowest BCUT2D eigenvalue weighted by Gasteiger charge is -2.26. The van der Waals surface area contributed by atoms with Crippen molar-refractivity contribution in [2.24, 2.45) is 0 Å². The van der Waals surface area contributed by atoms with Crippen LogP contribution in [0.15, 0.2) is 70.0 Å². The molecule has 0 aliphatic carbocycles. The summed E-state index contributed by atoms with van der Waals surface area (Å²) in [6, 6.07) is 13.9. The van der Waals surface area contributed by atoms with Crippen molar-refractivity contribution in [3.05, 3.63) is 82.5 Å². The van der Waals surface area contributed by atoms with Crippen LogP contribution in [0.2, 0.25) is 0 Å². The van der Waals surface area contributed by atoms with Crippen molar-refractivity contribution in [2.75, 3.05) is 18.5 Å². The number of furan rings is 1. The van der Waals surface area contributed by atoms with Crippen LogP contribution in [0.25, 0.3) is 0 Å². The molecule has 3 aromatic rings. The molecule has 2 amide bonds. The minimum atomic E-state index is -0.387. The lowest BCUT2D eigenvalue weighted by atomic mass is 10.1. The van der Waals surface area contributed by atoms with E-state index in [4.69, 9.17) is 9.15 Å². The third-order valence-corrected chi connectivity index (χ3v) is 5.42. The maximum Gasteiger partial charge on any atom is 0.291 e. The molecule has 1 unspecified atom stereocenters. The van der Waals surface area contributed by atoms with E-state index in [1.807, 2.05) is 12.1 Å². The van der Waals surface area contributed by atoms with E-state index in [9.17, 15) is 9.59 Å². The average Bonchev–Trinajstić information content (AvgIpc) is 3.45. The third kappa shape index (κ3) is 5.59. The molecule has 160 valence electrons. The Morgan fingerprint density at radius 1 is 1.19 bits per heavy atom. The number of benzene rings is 1. The fraction of sp³-hybridized carbons (Fsp3) is 0.261. The molecule has 1 atom stereocenters. The highest BCUT2D eigenvalue weighted by atomic mass is 79.9. The zero-order chi connectivity index (χ0) is 21.6. The quantitative estimate of drug-likeness (QED) is 0.534. The van der Waals surface area contributed by atoms with E-state index in [0.717, 1.165) is 25.0 Å². The fourth-order valence-electron chi connectivity index (χ4n) is 3.51. The van der Waals surface area contributed by atoms with Crippen LogP contribution in [0, 0.1) is 0 Å². The average molecular weight is 484 g/mol. The van der Waals surface area contributed by atoms with Crippen molar-refractivity contribution in [3.63, 3.8) is 0 Å². The van der Waals surface area contributed by atoms with E-state index in [1.54, 1.807) is 53.7 Å². The first kappa shape index (κ1) is 21.3. The summed E-state index contributed by atoms with van der Waals surface area (Å²) in [5.41, 5.74) is 1.95. The number of ether oxygens (including phenoxy) is 1. The number of rotatable bonds is 7. The molecule has 1 saturated heterocycles. The van der Waals surface area contributed by atoms with Crippen molar-refractivity contribution in [1.82, 2.24) is 9.88 Å². The third-order valence-electron chi connectivity index (χ3n) is 5.00. The van der Waals surface area contributed by atoms with Crippen LogP contribution in [-0.4, -0.2) is 41.0 Å². The van der Waals surface area contributed by atoms with Gasteiger partial charge in [0.15, 0.2) is 10.4 Å². The second-order valence-electron chi connectivity index (χ2n) is 7.32. The molecule has 0 spiro atoms. The molecule has 1 aromatic carbocycles. The summed E-state index contributed by atoms with van der Waals surface area (Å²) in [6.07, 6.45) is 5.43. The second-order valence-corrected chi connectivity index (χ2v) is 8.10. The lowest BCUT2D eigenvalue weighted by Crippen LogP contribution is -2.37. The van der Waals surface area contributed by atoms with Crippen molar-refractivity contribution < 1.29 is 18.7 Å². The molecule has 7 nitrogen and oxygen atoms in total. The predicted molar refractivity (Wildman–Crippen MR) is 119 cm³/mol. The Hall–Kier alpha value is -2.97. The summed E-state index contributed by atoms with van der Waals surface area (Å²) < 4.78 is 11.5. The summed E-state index contributed by atoms with van der Waals surface area (Å²) >= 11 is 3.18. The first-order chi connectivity index (χ1) is 15.1. The molecular weight excluding hydrogens is 462 g/mol. The zero-order valence-electron chi connectivity index (χ0n) is 16.8. The van der Waals surface area contributed by atoms with Gasteiger partial charge in [-0.1, -0.05) is 12.1 Å². The van der Waals surface area contributed by atoms with E-state index >= 15 is 0 Å². The van der Waals surface area contributed by atoms with Crippen LogP contribution < -0.4 is 5.32 Å². The summed E-state index contributed by atoms with van der Waals surface area (Å²) in [4.78, 5) is 31.7. The van der Waals surface area contributed by atoms with Crippen LogP contribution in [-0.2, 0) is 11.3 Å². The Bertz CT molecular complexity index is 1050. The smallest absolute Gasteiger partial charge is 0.291 e. The summed E-state index contributed by atoms with van der Waals surface area (Å²) in [7, 11) is 0. The van der Waals surface area contributed by atoms with Crippen LogP contribution >= 0.6 is 15.9 Å². The van der Waals surface area contributed by atoms with Gasteiger partial charge in [-0.15, -0.1) is 0 Å². The van der Waals surface area contributed by atoms with E-state index in [2.05, 4.69) is 26.2 Å². The monoisotopic (exact) mass is 483 g/mol. The number of nitrogens with zero attached hydrogens (tertiary/aromatic N) is 2. The maximum absolute atomic E-state index is 13.4. The second kappa shape index (κ2) is 9.89. The molecule has 4 rings (SSSR count). The van der Waals surface area contributed by atoms with Crippen LogP contribution in [0.3, 0.4) is 0 Å². The van der Waals surface area contributed by atoms with Gasteiger partial charge in [-0.3, -0.25) is 14.6 Å². The normalized spacial score (nSPS) is 15.6. The van der Waals surface area contributed by atoms with E-state index in [0.29, 0.717) is 29.0 Å². The minimum Gasteiger partial charge on any atom is -0.444 e. The molecule has 1 N–H and O–H groups in total. The van der Waals surface area contributed by atoms with E-state index in [1.165, 1.54) is 0 Å². The molecule has 1 aliphatic heterocycles. The van der Waals surface area contributed by atoms with Crippen molar-refractivity contribution in [2.45, 2.75) is 25.5 Å². The number of aromatic nitrogens is 1. The maximum atomic E-state index is 13.4. The van der Waals surface area contributed by atoms with Gasteiger partial charge in [0.05, 0.1) is 6.10 Å². The molecule has 1 aliphatic rings. The predicted octanol–water partition coefficient (Wildman–Crippen LogP) is 4.51. The first-order valence-electron chi connectivity index (χ1n) is 10.0. The summed E-state index contributed by atoms with van der Waals surface area (Å²) in [6.45, 7) is 1.66. The number of carbonyl (C=O) groups is 2. The van der Waals surface area contributed by atoms with Gasteiger partial charge in [0, 0.05) is 43.3 Å². The molecule has 31 heavy (non-hydrogen) atoms. The minimum absolute atomic E-state index is 0.0286. The standard InChI is InChI=1S/C23H22BrN3O4/c24-21-9-8-20(31-21)22(28)26-18-6-1-5-17(12-18)23(29)27(15-19-7-3-11-30-19)14-16-4-2-10-25-13-16/h1-2,4-6,8-10,12-13,19H,3,7,11,14-15H2,(H,26,28). The summed E-state index contributed by atoms with van der Waals surface area (Å²) in [5, 5.41) is 2.77. The van der Waals surface area contributed by atoms with Crippen molar-refractivity contribution >= 4 is 33.4 Å². The van der Waals surface area contributed by atoms with Gasteiger partial charge in [-0.2, -0.15) is 0 Å². The SMILES string of the molecule is O=C(Nc1cccc(C(=O)N(Cc2cccnc2)CC2CCCO2)c1)c1ccc(Br)o1. The number of carbonyl (C=O) groups excluding carboxylic acids is 2. The van der Waals surface area contributed by atoms with Gasteiger partial charge in [0.25, 0.3) is 11.8 Å². The molecule has 1 fully saturated rings. The van der Waals surface area contributed by atoms with E-state index < -0.39 is 0 Å². The molecule has 0 saturated carbocycles.